The molecule has 4 heterocycles. The highest BCUT2D eigenvalue weighted by Crippen LogP contribution is 2.41. The van der Waals surface area contributed by atoms with Crippen LogP contribution in [0.15, 0.2) is 30.9 Å². The largest absolute Gasteiger partial charge is 0.332 e. The van der Waals surface area contributed by atoms with Gasteiger partial charge in [0.05, 0.1) is 11.8 Å². The first-order chi connectivity index (χ1) is 11.3. The Morgan fingerprint density at radius 1 is 1.13 bits per heavy atom. The summed E-state index contributed by atoms with van der Waals surface area (Å²) in [5.41, 5.74) is 2.68. The summed E-state index contributed by atoms with van der Waals surface area (Å²) in [7, 11) is 1.97. The van der Waals surface area contributed by atoms with Gasteiger partial charge in [-0.1, -0.05) is 6.42 Å². The van der Waals surface area contributed by atoms with E-state index in [1.54, 1.807) is 12.5 Å². The summed E-state index contributed by atoms with van der Waals surface area (Å²) in [4.78, 5) is 20.5. The van der Waals surface area contributed by atoms with E-state index in [0.29, 0.717) is 0 Å². The summed E-state index contributed by atoms with van der Waals surface area (Å²) in [6.45, 7) is 0. The average molecular weight is 321 g/mol. The Labute approximate surface area is 137 Å². The molecular weight excluding hydrogens is 306 g/mol. The molecule has 1 aliphatic rings. The number of nitrogens with zero attached hydrogens (tertiary/aromatic N) is 5. The summed E-state index contributed by atoms with van der Waals surface area (Å²) in [6.07, 6.45) is 9.49. The Morgan fingerprint density at radius 2 is 2.04 bits per heavy atom. The highest BCUT2D eigenvalue weighted by molar-refractivity contribution is 7.18. The van der Waals surface area contributed by atoms with Crippen LogP contribution in [0.5, 0.6) is 0 Å². The molecule has 0 bridgehead atoms. The van der Waals surface area contributed by atoms with Gasteiger partial charge in [-0.25, -0.2) is 19.9 Å². The fourth-order valence-electron chi connectivity index (χ4n) is 3.01. The number of aromatic nitrogens is 5. The van der Waals surface area contributed by atoms with E-state index in [-0.39, 0.29) is 0 Å². The van der Waals surface area contributed by atoms with Crippen LogP contribution in [0.25, 0.3) is 32.8 Å². The topological polar surface area (TPSA) is 56.5 Å². The minimum atomic E-state index is 0.732. The van der Waals surface area contributed by atoms with Crippen molar-refractivity contribution in [3.63, 3.8) is 0 Å². The molecule has 0 saturated heterocycles. The lowest BCUT2D eigenvalue weighted by atomic mass is 9.84. The molecule has 114 valence electrons. The van der Waals surface area contributed by atoms with Crippen molar-refractivity contribution in [2.45, 2.75) is 25.2 Å². The first kappa shape index (κ1) is 13.1. The summed E-state index contributed by atoms with van der Waals surface area (Å²) in [5.74, 6) is 1.47. The van der Waals surface area contributed by atoms with Crippen LogP contribution in [-0.2, 0) is 7.05 Å². The van der Waals surface area contributed by atoms with E-state index in [2.05, 4.69) is 27.1 Å². The van der Waals surface area contributed by atoms with Crippen molar-refractivity contribution in [1.82, 2.24) is 24.5 Å². The van der Waals surface area contributed by atoms with Gasteiger partial charge in [0, 0.05) is 35.3 Å². The summed E-state index contributed by atoms with van der Waals surface area (Å²) in [6, 6.07) is 4.31. The molecule has 0 unspecified atom stereocenters. The van der Waals surface area contributed by atoms with Crippen LogP contribution in [0.1, 0.15) is 30.1 Å². The molecule has 0 atom stereocenters. The second-order valence-corrected chi connectivity index (χ2v) is 7.22. The fourth-order valence-corrected chi connectivity index (χ4v) is 4.19. The van der Waals surface area contributed by atoms with Gasteiger partial charge in [0.25, 0.3) is 0 Å². The Balaban J connectivity index is 1.61. The number of thiophene rings is 1. The van der Waals surface area contributed by atoms with Crippen LogP contribution >= 0.6 is 11.3 Å². The van der Waals surface area contributed by atoms with E-state index in [9.17, 15) is 0 Å². The maximum Gasteiger partial charge on any atom is 0.177 e. The molecule has 0 aliphatic heterocycles. The van der Waals surface area contributed by atoms with Gasteiger partial charge in [-0.15, -0.1) is 11.3 Å². The van der Waals surface area contributed by atoms with Crippen LogP contribution in [0.4, 0.5) is 0 Å². The maximum atomic E-state index is 4.77. The molecule has 0 amide bonds. The zero-order chi connectivity index (χ0) is 15.4. The molecule has 0 radical (unpaired) electrons. The van der Waals surface area contributed by atoms with Crippen molar-refractivity contribution in [2.24, 2.45) is 7.05 Å². The Hall–Kier alpha value is -2.34. The molecule has 0 aromatic carbocycles. The highest BCUT2D eigenvalue weighted by atomic mass is 32.1. The predicted octanol–water partition coefficient (Wildman–Crippen LogP) is 3.91. The van der Waals surface area contributed by atoms with Crippen LogP contribution in [-0.4, -0.2) is 24.5 Å². The molecule has 0 N–H and O–H groups in total. The fraction of sp³-hybridized carbons (Fsp3) is 0.294. The van der Waals surface area contributed by atoms with Gasteiger partial charge in [-0.2, -0.15) is 0 Å². The molecule has 1 fully saturated rings. The van der Waals surface area contributed by atoms with Gasteiger partial charge in [0.1, 0.15) is 4.83 Å². The van der Waals surface area contributed by atoms with E-state index in [1.807, 2.05) is 29.1 Å². The number of aryl methyl sites for hydroxylation is 1. The average Bonchev–Trinajstić information content (AvgIpc) is 3.08. The third-order valence-electron chi connectivity index (χ3n) is 4.64. The normalized spacial score (nSPS) is 15.3. The van der Waals surface area contributed by atoms with Crippen LogP contribution in [0, 0.1) is 0 Å². The van der Waals surface area contributed by atoms with Gasteiger partial charge in [-0.05, 0) is 30.9 Å². The number of imidazole rings is 1. The monoisotopic (exact) mass is 321 g/mol. The van der Waals surface area contributed by atoms with Gasteiger partial charge < -0.3 is 4.57 Å². The third-order valence-corrected chi connectivity index (χ3v) is 5.85. The Morgan fingerprint density at radius 3 is 2.87 bits per heavy atom. The van der Waals surface area contributed by atoms with Crippen molar-refractivity contribution in [3.05, 3.63) is 35.7 Å². The number of pyridine rings is 1. The third kappa shape index (κ3) is 2.05. The molecule has 6 heteroatoms. The van der Waals surface area contributed by atoms with Crippen molar-refractivity contribution in [3.8, 4) is 11.4 Å². The summed E-state index contributed by atoms with van der Waals surface area (Å²) >= 11 is 1.81. The van der Waals surface area contributed by atoms with Gasteiger partial charge >= 0.3 is 0 Å². The van der Waals surface area contributed by atoms with E-state index in [1.165, 1.54) is 24.1 Å². The van der Waals surface area contributed by atoms with Crippen LogP contribution in [0.3, 0.4) is 0 Å². The van der Waals surface area contributed by atoms with E-state index in [0.717, 1.165) is 38.7 Å². The molecule has 4 aromatic rings. The molecule has 4 aromatic heterocycles. The van der Waals surface area contributed by atoms with Crippen molar-refractivity contribution in [1.29, 1.82) is 0 Å². The SMILES string of the molecule is Cn1cnc2ncc(-c3ncc4cc(C5CCC5)sc4n3)cc21. The summed E-state index contributed by atoms with van der Waals surface area (Å²) < 4.78 is 1.96. The van der Waals surface area contributed by atoms with Crippen molar-refractivity contribution >= 4 is 32.7 Å². The standard InChI is InChI=1S/C17H15N5S/c1-22-9-20-16-13(22)5-11(7-19-16)15-18-8-12-6-14(10-3-2-4-10)23-17(12)21-15/h5-10H,2-4H2,1H3. The molecule has 1 saturated carbocycles. The predicted molar refractivity (Wildman–Crippen MR) is 91.5 cm³/mol. The van der Waals surface area contributed by atoms with Gasteiger partial charge in [0.15, 0.2) is 11.5 Å². The quantitative estimate of drug-likeness (QED) is 0.562. The summed E-state index contributed by atoms with van der Waals surface area (Å²) in [5, 5.41) is 1.15. The first-order valence-corrected chi connectivity index (χ1v) is 8.63. The zero-order valence-electron chi connectivity index (χ0n) is 12.7. The van der Waals surface area contributed by atoms with Crippen LogP contribution in [0.2, 0.25) is 0 Å². The molecular formula is C17H15N5S. The van der Waals surface area contributed by atoms with Crippen molar-refractivity contribution < 1.29 is 0 Å². The molecule has 5 nitrogen and oxygen atoms in total. The van der Waals surface area contributed by atoms with Gasteiger partial charge in [0.2, 0.25) is 0 Å². The zero-order valence-corrected chi connectivity index (χ0v) is 13.5. The lowest BCUT2D eigenvalue weighted by molar-refractivity contribution is 0.426. The molecule has 1 aliphatic carbocycles. The molecule has 0 spiro atoms. The minimum Gasteiger partial charge on any atom is -0.332 e. The number of hydrogen-bond acceptors (Lipinski definition) is 5. The van der Waals surface area contributed by atoms with Crippen molar-refractivity contribution in [2.75, 3.05) is 0 Å². The number of hydrogen-bond donors (Lipinski definition) is 0. The lowest BCUT2D eigenvalue weighted by Gasteiger charge is -2.23. The first-order valence-electron chi connectivity index (χ1n) is 7.82. The van der Waals surface area contributed by atoms with E-state index < -0.39 is 0 Å². The lowest BCUT2D eigenvalue weighted by Crippen LogP contribution is -2.06. The van der Waals surface area contributed by atoms with Crippen LogP contribution < -0.4 is 0 Å². The smallest absolute Gasteiger partial charge is 0.177 e. The second-order valence-electron chi connectivity index (χ2n) is 6.15. The molecule has 5 rings (SSSR count). The van der Waals surface area contributed by atoms with Gasteiger partial charge in [-0.3, -0.25) is 0 Å². The Kier molecular flexibility index (Phi) is 2.76. The van der Waals surface area contributed by atoms with E-state index >= 15 is 0 Å². The number of fused-ring (bicyclic) bond motifs is 2. The van der Waals surface area contributed by atoms with E-state index in [4.69, 9.17) is 4.98 Å². The second kappa shape index (κ2) is 4.83. The molecule has 23 heavy (non-hydrogen) atoms. The highest BCUT2D eigenvalue weighted by Gasteiger charge is 2.22. The Bertz CT molecular complexity index is 1030. The maximum absolute atomic E-state index is 4.77. The number of rotatable bonds is 2. The minimum absolute atomic E-state index is 0.732.